The summed E-state index contributed by atoms with van der Waals surface area (Å²) in [5.74, 6) is -2.39. The van der Waals surface area contributed by atoms with Crippen molar-refractivity contribution in [1.82, 2.24) is 31.6 Å². The summed E-state index contributed by atoms with van der Waals surface area (Å²) in [4.78, 5) is 69.2. The standard InChI is InChI=1S/C35H56N6O7S/c1-10-13-25(28(42)19-23(5)30(43)39-26(14-11-2)31(44)37-21-24-15-12-17-36-20-24)38-32(45)27(16-18-49-9)40-33(46)29(22(3)4)41-34(47)48-35(6,7)8/h10-12,15,17,20,22-23,25-29,42H,1-2,13-14,16,18-19,21H2,3-9H3,(H,37,44)(H,38,45)(H,39,43)(H,40,46)(H,41,47)/t23-,25+,26+,27+,28+,29+/m1/s1. The predicted molar refractivity (Wildman–Crippen MR) is 192 cm³/mol. The highest BCUT2D eigenvalue weighted by Crippen LogP contribution is 2.15. The number of nitrogens with one attached hydrogen (secondary N) is 5. The second-order valence-electron chi connectivity index (χ2n) is 13.2. The van der Waals surface area contributed by atoms with Crippen molar-refractivity contribution < 1.29 is 33.8 Å². The minimum atomic E-state index is -1.16. The van der Waals surface area contributed by atoms with Crippen LogP contribution in [0.5, 0.6) is 0 Å². The molecular formula is C35H56N6O7S. The number of rotatable bonds is 21. The number of aliphatic hydroxyl groups excluding tert-OH is 1. The van der Waals surface area contributed by atoms with Gasteiger partial charge in [0.2, 0.25) is 23.6 Å². The molecule has 0 aliphatic rings. The number of alkyl carbamates (subject to hydrolysis) is 1. The molecule has 0 aliphatic heterocycles. The van der Waals surface area contributed by atoms with Crippen molar-refractivity contribution in [2.45, 2.75) is 110 Å². The molecule has 1 rings (SSSR count). The van der Waals surface area contributed by atoms with Gasteiger partial charge in [0, 0.05) is 24.9 Å². The van der Waals surface area contributed by atoms with Gasteiger partial charge in [0.15, 0.2) is 0 Å². The quantitative estimate of drug-likeness (QED) is 0.105. The van der Waals surface area contributed by atoms with E-state index in [1.165, 1.54) is 17.8 Å². The minimum Gasteiger partial charge on any atom is -0.444 e. The summed E-state index contributed by atoms with van der Waals surface area (Å²) >= 11 is 1.50. The first kappa shape index (κ1) is 43.1. The maximum Gasteiger partial charge on any atom is 0.408 e. The lowest BCUT2D eigenvalue weighted by Gasteiger charge is -2.29. The topological polar surface area (TPSA) is 188 Å². The molecule has 0 saturated carbocycles. The number of aromatic nitrogens is 1. The summed E-state index contributed by atoms with van der Waals surface area (Å²) in [6.07, 6.45) is 6.96. The first-order chi connectivity index (χ1) is 23.0. The second-order valence-corrected chi connectivity index (χ2v) is 14.2. The third-order valence-corrected chi connectivity index (χ3v) is 7.99. The van der Waals surface area contributed by atoms with Crippen LogP contribution in [0.1, 0.15) is 72.8 Å². The van der Waals surface area contributed by atoms with E-state index in [-0.39, 0.29) is 37.6 Å². The van der Waals surface area contributed by atoms with E-state index in [2.05, 4.69) is 44.7 Å². The van der Waals surface area contributed by atoms with E-state index in [9.17, 15) is 29.1 Å². The fourth-order valence-electron chi connectivity index (χ4n) is 4.67. The summed E-state index contributed by atoms with van der Waals surface area (Å²) in [6, 6.07) is -0.0370. The van der Waals surface area contributed by atoms with Crippen LogP contribution in [0.4, 0.5) is 4.79 Å². The molecule has 14 heteroatoms. The van der Waals surface area contributed by atoms with E-state index in [0.29, 0.717) is 12.2 Å². The molecule has 1 aromatic heterocycles. The SMILES string of the molecule is C=CC[C@H](NC(=O)[C@H](C)C[C@H](O)[C@H](CC=C)NC(=O)[C@H](CCSC)NC(=O)[C@@H](NC(=O)OC(C)(C)C)C(C)C)C(=O)NCc1cccnc1. The average Bonchev–Trinajstić information content (AvgIpc) is 3.03. The summed E-state index contributed by atoms with van der Waals surface area (Å²) in [6.45, 7) is 18.0. The van der Waals surface area contributed by atoms with Gasteiger partial charge in [-0.05, 0) is 76.0 Å². The predicted octanol–water partition coefficient (Wildman–Crippen LogP) is 2.99. The maximum absolute atomic E-state index is 13.5. The van der Waals surface area contributed by atoms with Crippen molar-refractivity contribution in [3.63, 3.8) is 0 Å². The Balaban J connectivity index is 2.94. The van der Waals surface area contributed by atoms with Crippen LogP contribution in [0.15, 0.2) is 49.8 Å². The molecule has 6 atom stereocenters. The number of hydrogen-bond donors (Lipinski definition) is 6. The molecule has 0 radical (unpaired) electrons. The van der Waals surface area contributed by atoms with Gasteiger partial charge in [-0.15, -0.1) is 13.2 Å². The Morgan fingerprint density at radius 3 is 2.14 bits per heavy atom. The van der Waals surface area contributed by atoms with E-state index in [1.807, 2.05) is 12.3 Å². The zero-order chi connectivity index (χ0) is 37.1. The highest BCUT2D eigenvalue weighted by Gasteiger charge is 2.33. The average molecular weight is 705 g/mol. The van der Waals surface area contributed by atoms with Gasteiger partial charge < -0.3 is 36.4 Å². The van der Waals surface area contributed by atoms with Gasteiger partial charge in [0.05, 0.1) is 12.1 Å². The number of pyridine rings is 1. The Kier molecular flexibility index (Phi) is 19.3. The molecule has 0 aliphatic carbocycles. The Morgan fingerprint density at radius 1 is 0.939 bits per heavy atom. The van der Waals surface area contributed by atoms with Gasteiger partial charge in [-0.3, -0.25) is 24.2 Å². The van der Waals surface area contributed by atoms with Crippen LogP contribution in [-0.2, 0) is 30.5 Å². The van der Waals surface area contributed by atoms with Gasteiger partial charge >= 0.3 is 6.09 Å². The van der Waals surface area contributed by atoms with Crippen LogP contribution in [0.3, 0.4) is 0 Å². The molecule has 274 valence electrons. The first-order valence-electron chi connectivity index (χ1n) is 16.5. The normalized spacial score (nSPS) is 15.0. The molecule has 0 bridgehead atoms. The van der Waals surface area contributed by atoms with Crippen LogP contribution in [0.2, 0.25) is 0 Å². The largest absolute Gasteiger partial charge is 0.444 e. The number of hydrogen-bond acceptors (Lipinski definition) is 9. The van der Waals surface area contributed by atoms with Crippen LogP contribution in [-0.4, -0.2) is 87.7 Å². The number of carbonyl (C=O) groups excluding carboxylic acids is 5. The van der Waals surface area contributed by atoms with Crippen LogP contribution < -0.4 is 26.6 Å². The van der Waals surface area contributed by atoms with Crippen LogP contribution >= 0.6 is 11.8 Å². The molecule has 0 unspecified atom stereocenters. The monoisotopic (exact) mass is 704 g/mol. The second kappa shape index (κ2) is 21.9. The molecule has 0 fully saturated rings. The summed E-state index contributed by atoms with van der Waals surface area (Å²) in [5, 5.41) is 24.8. The van der Waals surface area contributed by atoms with Gasteiger partial charge in [-0.2, -0.15) is 11.8 Å². The van der Waals surface area contributed by atoms with Crippen molar-refractivity contribution >= 4 is 41.5 Å². The lowest BCUT2D eigenvalue weighted by molar-refractivity contribution is -0.132. The van der Waals surface area contributed by atoms with Crippen molar-refractivity contribution in [1.29, 1.82) is 0 Å². The molecule has 0 aromatic carbocycles. The fraction of sp³-hybridized carbons (Fsp3) is 0.600. The number of ether oxygens (including phenoxy) is 1. The first-order valence-corrected chi connectivity index (χ1v) is 17.9. The van der Waals surface area contributed by atoms with Crippen molar-refractivity contribution in [3.05, 3.63) is 55.4 Å². The molecule has 0 saturated heterocycles. The highest BCUT2D eigenvalue weighted by molar-refractivity contribution is 7.98. The highest BCUT2D eigenvalue weighted by atomic mass is 32.2. The van der Waals surface area contributed by atoms with Gasteiger partial charge in [-0.25, -0.2) is 4.79 Å². The number of thioether (sulfide) groups is 1. The number of nitrogens with zero attached hydrogens (tertiary/aromatic N) is 1. The van der Waals surface area contributed by atoms with Gasteiger partial charge in [-0.1, -0.05) is 39.0 Å². The van der Waals surface area contributed by atoms with Crippen LogP contribution in [0.25, 0.3) is 0 Å². The zero-order valence-electron chi connectivity index (χ0n) is 29.9. The minimum absolute atomic E-state index is 0.0280. The molecule has 49 heavy (non-hydrogen) atoms. The van der Waals surface area contributed by atoms with E-state index >= 15 is 0 Å². The van der Waals surface area contributed by atoms with Gasteiger partial charge in [0.1, 0.15) is 23.7 Å². The van der Waals surface area contributed by atoms with E-state index < -0.39 is 65.6 Å². The Hall–Kier alpha value is -3.91. The van der Waals surface area contributed by atoms with Crippen molar-refractivity contribution in [2.24, 2.45) is 11.8 Å². The third kappa shape index (κ3) is 16.8. The Bertz CT molecular complexity index is 1240. The lowest BCUT2D eigenvalue weighted by Crippen LogP contribution is -2.57. The van der Waals surface area contributed by atoms with E-state index in [4.69, 9.17) is 4.74 Å². The van der Waals surface area contributed by atoms with E-state index in [1.54, 1.807) is 66.1 Å². The number of amides is 5. The molecule has 13 nitrogen and oxygen atoms in total. The molecule has 5 amide bonds. The lowest BCUT2D eigenvalue weighted by atomic mass is 9.95. The van der Waals surface area contributed by atoms with Crippen molar-refractivity contribution in [2.75, 3.05) is 12.0 Å². The molecule has 1 aromatic rings. The Labute approximate surface area is 295 Å². The van der Waals surface area contributed by atoms with Crippen LogP contribution in [0, 0.1) is 11.8 Å². The van der Waals surface area contributed by atoms with Crippen molar-refractivity contribution in [3.8, 4) is 0 Å². The van der Waals surface area contributed by atoms with E-state index in [0.717, 1.165) is 5.56 Å². The smallest absolute Gasteiger partial charge is 0.408 e. The Morgan fingerprint density at radius 2 is 1.59 bits per heavy atom. The summed E-state index contributed by atoms with van der Waals surface area (Å²) < 4.78 is 5.31. The number of carbonyl (C=O) groups is 5. The summed E-state index contributed by atoms with van der Waals surface area (Å²) in [7, 11) is 0. The maximum atomic E-state index is 13.5. The zero-order valence-corrected chi connectivity index (χ0v) is 30.7. The summed E-state index contributed by atoms with van der Waals surface area (Å²) in [5.41, 5.74) is 0.0451. The molecule has 0 spiro atoms. The molecule has 1 heterocycles. The number of aliphatic hydroxyl groups is 1. The molecule has 6 N–H and O–H groups in total. The van der Waals surface area contributed by atoms with Gasteiger partial charge in [0.25, 0.3) is 0 Å². The fourth-order valence-corrected chi connectivity index (χ4v) is 5.14. The molecular weight excluding hydrogens is 648 g/mol. The third-order valence-electron chi connectivity index (χ3n) is 7.35.